The van der Waals surface area contributed by atoms with E-state index in [4.69, 9.17) is 4.74 Å². The van der Waals surface area contributed by atoms with E-state index in [1.54, 1.807) is 47.7 Å². The van der Waals surface area contributed by atoms with Gasteiger partial charge in [-0.15, -0.1) is 11.3 Å². The number of nitrogens with zero attached hydrogens (tertiary/aromatic N) is 1. The van der Waals surface area contributed by atoms with Gasteiger partial charge in [-0.1, -0.05) is 48.5 Å². The lowest BCUT2D eigenvalue weighted by atomic mass is 10.0. The average Bonchev–Trinajstić information content (AvgIpc) is 3.24. The number of hydrogen-bond donors (Lipinski definition) is 1. The molecule has 1 N–H and O–H groups in total. The van der Waals surface area contributed by atoms with Gasteiger partial charge in [0.15, 0.2) is 12.4 Å². The smallest absolute Gasteiger partial charge is 0.262 e. The lowest BCUT2D eigenvalue weighted by molar-refractivity contribution is -0.118. The van der Waals surface area contributed by atoms with Crippen LogP contribution in [0.3, 0.4) is 0 Å². The highest BCUT2D eigenvalue weighted by molar-refractivity contribution is 7.09. The molecule has 3 aromatic carbocycles. The number of benzene rings is 3. The number of nitrogens with one attached hydrogen (secondary N) is 1. The zero-order chi connectivity index (χ0) is 21.6. The Bertz CT molecular complexity index is 1200. The molecule has 0 atom stereocenters. The summed E-state index contributed by atoms with van der Waals surface area (Å²) in [6.07, 6.45) is 0. The van der Waals surface area contributed by atoms with Crippen molar-refractivity contribution >= 4 is 28.7 Å². The maximum absolute atomic E-state index is 12.5. The quantitative estimate of drug-likeness (QED) is 0.402. The largest absolute Gasteiger partial charge is 0.484 e. The van der Waals surface area contributed by atoms with E-state index in [1.165, 1.54) is 0 Å². The van der Waals surface area contributed by atoms with Crippen LogP contribution in [0.2, 0.25) is 0 Å². The van der Waals surface area contributed by atoms with Crippen molar-refractivity contribution in [1.82, 2.24) is 4.98 Å². The molecule has 6 heteroatoms. The topological polar surface area (TPSA) is 68.3 Å². The van der Waals surface area contributed by atoms with Gasteiger partial charge in [0.25, 0.3) is 5.91 Å². The molecule has 1 aromatic heterocycles. The van der Waals surface area contributed by atoms with Crippen LogP contribution in [-0.4, -0.2) is 23.3 Å². The number of anilines is 1. The molecule has 4 rings (SSSR count). The first-order valence-corrected chi connectivity index (χ1v) is 10.6. The summed E-state index contributed by atoms with van der Waals surface area (Å²) >= 11 is 1.56. The summed E-state index contributed by atoms with van der Waals surface area (Å²) in [5.74, 6) is 0.186. The molecule has 1 heterocycles. The molecular weight excluding hydrogens is 408 g/mol. The number of carbonyl (C=O) groups is 2. The molecule has 0 bridgehead atoms. The van der Waals surface area contributed by atoms with Gasteiger partial charge in [-0.25, -0.2) is 4.98 Å². The Kier molecular flexibility index (Phi) is 6.19. The molecular formula is C25H20N2O3S. The minimum absolute atomic E-state index is 0.0567. The SMILES string of the molecule is Cc1nc(-c2ccccc2NC(=O)COc2ccc(C(=O)c3ccccc3)cc2)cs1. The van der Waals surface area contributed by atoms with E-state index in [2.05, 4.69) is 10.3 Å². The molecule has 31 heavy (non-hydrogen) atoms. The van der Waals surface area contributed by atoms with Gasteiger partial charge in [-0.2, -0.15) is 0 Å². The van der Waals surface area contributed by atoms with Gasteiger partial charge in [0.1, 0.15) is 5.75 Å². The lowest BCUT2D eigenvalue weighted by Gasteiger charge is -2.11. The number of rotatable bonds is 7. The summed E-state index contributed by atoms with van der Waals surface area (Å²) in [7, 11) is 0. The third kappa shape index (κ3) is 5.05. The summed E-state index contributed by atoms with van der Waals surface area (Å²) in [4.78, 5) is 29.4. The van der Waals surface area contributed by atoms with Crippen molar-refractivity contribution in [1.29, 1.82) is 0 Å². The molecule has 154 valence electrons. The molecule has 0 aliphatic heterocycles. The summed E-state index contributed by atoms with van der Waals surface area (Å²) in [6, 6.07) is 23.4. The van der Waals surface area contributed by atoms with Crippen molar-refractivity contribution in [3.8, 4) is 17.0 Å². The van der Waals surface area contributed by atoms with Crippen molar-refractivity contribution < 1.29 is 14.3 Å². The number of aromatic nitrogens is 1. The standard InChI is InChI=1S/C25H20N2O3S/c1-17-26-23(16-31-17)21-9-5-6-10-22(21)27-24(28)15-30-20-13-11-19(12-14-20)25(29)18-7-3-2-4-8-18/h2-14,16H,15H2,1H3,(H,27,28). The first kappa shape index (κ1) is 20.5. The number of aryl methyl sites for hydroxylation is 1. The van der Waals surface area contributed by atoms with Crippen molar-refractivity contribution in [2.75, 3.05) is 11.9 Å². The summed E-state index contributed by atoms with van der Waals surface area (Å²) in [5.41, 5.74) is 3.58. The van der Waals surface area contributed by atoms with Crippen LogP contribution >= 0.6 is 11.3 Å². The van der Waals surface area contributed by atoms with Crippen LogP contribution in [0.25, 0.3) is 11.3 Å². The fourth-order valence-electron chi connectivity index (χ4n) is 3.10. The van der Waals surface area contributed by atoms with Crippen molar-refractivity contribution in [3.05, 3.63) is 100 Å². The molecule has 0 radical (unpaired) electrons. The van der Waals surface area contributed by atoms with Gasteiger partial charge in [0.05, 0.1) is 16.4 Å². The van der Waals surface area contributed by atoms with E-state index in [1.807, 2.05) is 54.8 Å². The van der Waals surface area contributed by atoms with E-state index in [9.17, 15) is 9.59 Å². The Morgan fingerprint density at radius 2 is 1.58 bits per heavy atom. The van der Waals surface area contributed by atoms with Crippen LogP contribution in [-0.2, 0) is 4.79 Å². The third-order valence-corrected chi connectivity index (χ3v) is 5.39. The van der Waals surface area contributed by atoms with Crippen LogP contribution in [0.1, 0.15) is 20.9 Å². The van der Waals surface area contributed by atoms with Gasteiger partial charge < -0.3 is 10.1 Å². The summed E-state index contributed by atoms with van der Waals surface area (Å²) in [6.45, 7) is 1.80. The molecule has 0 saturated heterocycles. The minimum Gasteiger partial charge on any atom is -0.484 e. The number of carbonyl (C=O) groups excluding carboxylic acids is 2. The zero-order valence-electron chi connectivity index (χ0n) is 16.9. The Morgan fingerprint density at radius 3 is 2.29 bits per heavy atom. The fraction of sp³-hybridized carbons (Fsp3) is 0.0800. The number of ketones is 1. The highest BCUT2D eigenvalue weighted by atomic mass is 32.1. The maximum atomic E-state index is 12.5. The lowest BCUT2D eigenvalue weighted by Crippen LogP contribution is -2.20. The summed E-state index contributed by atoms with van der Waals surface area (Å²) in [5, 5.41) is 5.82. The van der Waals surface area contributed by atoms with Crippen LogP contribution in [0, 0.1) is 6.92 Å². The number of ether oxygens (including phenoxy) is 1. The van der Waals surface area contributed by atoms with E-state index < -0.39 is 0 Å². The molecule has 0 unspecified atom stereocenters. The van der Waals surface area contributed by atoms with Gasteiger partial charge in [-0.3, -0.25) is 9.59 Å². The summed E-state index contributed by atoms with van der Waals surface area (Å²) < 4.78 is 5.59. The Balaban J connectivity index is 1.37. The molecule has 0 spiro atoms. The number of hydrogen-bond acceptors (Lipinski definition) is 5. The minimum atomic E-state index is -0.274. The van der Waals surface area contributed by atoms with Gasteiger partial charge in [0.2, 0.25) is 0 Å². The molecule has 0 aliphatic carbocycles. The van der Waals surface area contributed by atoms with E-state index in [-0.39, 0.29) is 18.3 Å². The molecule has 0 fully saturated rings. The second kappa shape index (κ2) is 9.36. The highest BCUT2D eigenvalue weighted by Crippen LogP contribution is 2.28. The molecule has 0 aliphatic rings. The highest BCUT2D eigenvalue weighted by Gasteiger charge is 2.12. The van der Waals surface area contributed by atoms with Crippen molar-refractivity contribution in [2.24, 2.45) is 0 Å². The number of thiazole rings is 1. The number of amides is 1. The Hall–Kier alpha value is -3.77. The van der Waals surface area contributed by atoms with Crippen molar-refractivity contribution in [2.45, 2.75) is 6.92 Å². The van der Waals surface area contributed by atoms with Crippen LogP contribution in [0.4, 0.5) is 5.69 Å². The molecule has 0 saturated carbocycles. The van der Waals surface area contributed by atoms with Crippen molar-refractivity contribution in [3.63, 3.8) is 0 Å². The average molecular weight is 429 g/mol. The monoisotopic (exact) mass is 428 g/mol. The Morgan fingerprint density at radius 1 is 0.903 bits per heavy atom. The van der Waals surface area contributed by atoms with E-state index in [0.717, 1.165) is 16.3 Å². The van der Waals surface area contributed by atoms with Crippen LogP contribution in [0.15, 0.2) is 84.2 Å². The van der Waals surface area contributed by atoms with Crippen LogP contribution < -0.4 is 10.1 Å². The van der Waals surface area contributed by atoms with Gasteiger partial charge in [-0.05, 0) is 37.3 Å². The van der Waals surface area contributed by atoms with Crippen LogP contribution in [0.5, 0.6) is 5.75 Å². The van der Waals surface area contributed by atoms with Gasteiger partial charge in [0, 0.05) is 22.1 Å². The molecule has 4 aromatic rings. The second-order valence-electron chi connectivity index (χ2n) is 6.85. The Labute approximate surface area is 184 Å². The predicted octanol–water partition coefficient (Wildman–Crippen LogP) is 5.37. The first-order valence-electron chi connectivity index (χ1n) is 9.74. The predicted molar refractivity (Wildman–Crippen MR) is 123 cm³/mol. The first-order chi connectivity index (χ1) is 15.1. The second-order valence-corrected chi connectivity index (χ2v) is 7.92. The fourth-order valence-corrected chi connectivity index (χ4v) is 3.71. The van der Waals surface area contributed by atoms with E-state index in [0.29, 0.717) is 22.6 Å². The molecule has 5 nitrogen and oxygen atoms in total. The van der Waals surface area contributed by atoms with E-state index >= 15 is 0 Å². The number of para-hydroxylation sites is 1. The maximum Gasteiger partial charge on any atom is 0.262 e. The normalized spacial score (nSPS) is 10.5. The third-order valence-electron chi connectivity index (χ3n) is 4.62. The zero-order valence-corrected chi connectivity index (χ0v) is 17.7. The van der Waals surface area contributed by atoms with Gasteiger partial charge >= 0.3 is 0 Å². The molecule has 1 amide bonds.